The average Bonchev–Trinajstić information content (AvgIpc) is 2.44. The van der Waals surface area contributed by atoms with Crippen molar-refractivity contribution < 1.29 is 15.0 Å². The van der Waals surface area contributed by atoms with Crippen LogP contribution in [0.1, 0.15) is 5.56 Å². The SMILES string of the molecule is NC(Cc1ccccc1)C(=O)O.O=c1[nH]cccc1O. The minimum atomic E-state index is -0.959. The number of carboxylic acid groups (broad SMARTS) is 1. The van der Waals surface area contributed by atoms with Crippen LogP contribution in [0.4, 0.5) is 0 Å². The van der Waals surface area contributed by atoms with Gasteiger partial charge in [0.05, 0.1) is 0 Å². The lowest BCUT2D eigenvalue weighted by atomic mass is 10.1. The molecular formula is C14H16N2O4. The molecule has 1 heterocycles. The van der Waals surface area contributed by atoms with Crippen molar-refractivity contribution in [2.24, 2.45) is 5.73 Å². The molecule has 0 bridgehead atoms. The van der Waals surface area contributed by atoms with Crippen LogP contribution in [-0.2, 0) is 11.2 Å². The van der Waals surface area contributed by atoms with Crippen molar-refractivity contribution >= 4 is 5.97 Å². The molecule has 2 aromatic rings. The summed E-state index contributed by atoms with van der Waals surface area (Å²) in [5.74, 6) is -1.20. The Morgan fingerprint density at radius 1 is 1.20 bits per heavy atom. The van der Waals surface area contributed by atoms with E-state index in [1.165, 1.54) is 12.3 Å². The average molecular weight is 276 g/mol. The monoisotopic (exact) mass is 276 g/mol. The topological polar surface area (TPSA) is 116 Å². The van der Waals surface area contributed by atoms with E-state index in [1.54, 1.807) is 6.07 Å². The van der Waals surface area contributed by atoms with Crippen LogP contribution in [0.2, 0.25) is 0 Å². The summed E-state index contributed by atoms with van der Waals surface area (Å²) in [5, 5.41) is 17.1. The maximum atomic E-state index is 10.4. The van der Waals surface area contributed by atoms with Crippen molar-refractivity contribution in [2.45, 2.75) is 12.5 Å². The lowest BCUT2D eigenvalue weighted by Crippen LogP contribution is -2.32. The van der Waals surface area contributed by atoms with E-state index in [0.29, 0.717) is 6.42 Å². The van der Waals surface area contributed by atoms with Crippen LogP contribution < -0.4 is 11.3 Å². The number of rotatable bonds is 3. The fourth-order valence-corrected chi connectivity index (χ4v) is 1.37. The highest BCUT2D eigenvalue weighted by Crippen LogP contribution is 2.01. The Morgan fingerprint density at radius 2 is 1.85 bits per heavy atom. The van der Waals surface area contributed by atoms with Crippen LogP contribution in [0.5, 0.6) is 5.75 Å². The number of aromatic amines is 1. The predicted molar refractivity (Wildman–Crippen MR) is 74.5 cm³/mol. The smallest absolute Gasteiger partial charge is 0.320 e. The Labute approximate surface area is 115 Å². The molecule has 0 aliphatic heterocycles. The summed E-state index contributed by atoms with van der Waals surface area (Å²) in [6.45, 7) is 0. The Bertz CT molecular complexity index is 595. The van der Waals surface area contributed by atoms with Crippen LogP contribution in [0.3, 0.4) is 0 Å². The second kappa shape index (κ2) is 7.75. The van der Waals surface area contributed by atoms with Gasteiger partial charge in [-0.05, 0) is 24.1 Å². The van der Waals surface area contributed by atoms with Crippen LogP contribution in [0, 0.1) is 0 Å². The Kier molecular flexibility index (Phi) is 5.99. The molecular weight excluding hydrogens is 260 g/mol. The van der Waals surface area contributed by atoms with E-state index in [1.807, 2.05) is 30.3 Å². The van der Waals surface area contributed by atoms with E-state index in [4.69, 9.17) is 15.9 Å². The second-order valence-corrected chi connectivity index (χ2v) is 4.02. The summed E-state index contributed by atoms with van der Waals surface area (Å²) in [6, 6.07) is 11.4. The maximum Gasteiger partial charge on any atom is 0.320 e. The fourth-order valence-electron chi connectivity index (χ4n) is 1.37. The molecule has 1 aromatic heterocycles. The number of pyridine rings is 1. The Morgan fingerprint density at radius 3 is 2.30 bits per heavy atom. The number of aromatic hydroxyl groups is 1. The molecule has 2 rings (SSSR count). The van der Waals surface area contributed by atoms with Crippen LogP contribution >= 0.6 is 0 Å². The Balaban J connectivity index is 0.000000217. The summed E-state index contributed by atoms with van der Waals surface area (Å²) in [4.78, 5) is 23.0. The van der Waals surface area contributed by atoms with Gasteiger partial charge in [-0.2, -0.15) is 0 Å². The first-order valence-corrected chi connectivity index (χ1v) is 5.89. The number of aliphatic carboxylic acids is 1. The molecule has 0 fully saturated rings. The normalized spacial score (nSPS) is 11.1. The lowest BCUT2D eigenvalue weighted by Gasteiger charge is -2.04. The van der Waals surface area contributed by atoms with E-state index in [9.17, 15) is 9.59 Å². The summed E-state index contributed by atoms with van der Waals surface area (Å²) in [7, 11) is 0. The van der Waals surface area contributed by atoms with Gasteiger partial charge in [-0.3, -0.25) is 9.59 Å². The fraction of sp³-hybridized carbons (Fsp3) is 0.143. The molecule has 0 spiro atoms. The van der Waals surface area contributed by atoms with Crippen molar-refractivity contribution in [1.29, 1.82) is 0 Å². The number of nitrogens with two attached hydrogens (primary N) is 1. The van der Waals surface area contributed by atoms with Crippen molar-refractivity contribution in [2.75, 3.05) is 0 Å². The number of hydrogen-bond donors (Lipinski definition) is 4. The number of benzene rings is 1. The van der Waals surface area contributed by atoms with Gasteiger partial charge in [0, 0.05) is 6.20 Å². The number of hydrogen-bond acceptors (Lipinski definition) is 4. The highest BCUT2D eigenvalue weighted by Gasteiger charge is 2.10. The third kappa shape index (κ3) is 5.36. The zero-order valence-electron chi connectivity index (χ0n) is 10.7. The molecule has 0 aliphatic rings. The van der Waals surface area contributed by atoms with Gasteiger partial charge in [-0.15, -0.1) is 0 Å². The molecule has 20 heavy (non-hydrogen) atoms. The van der Waals surface area contributed by atoms with E-state index >= 15 is 0 Å². The van der Waals surface area contributed by atoms with E-state index in [-0.39, 0.29) is 5.75 Å². The number of carboxylic acids is 1. The molecule has 1 aromatic carbocycles. The van der Waals surface area contributed by atoms with E-state index in [2.05, 4.69) is 4.98 Å². The first-order valence-electron chi connectivity index (χ1n) is 5.89. The third-order valence-electron chi connectivity index (χ3n) is 2.41. The highest BCUT2D eigenvalue weighted by molar-refractivity contribution is 5.73. The van der Waals surface area contributed by atoms with Crippen LogP contribution in [-0.4, -0.2) is 27.2 Å². The van der Waals surface area contributed by atoms with Gasteiger partial charge in [0.2, 0.25) is 0 Å². The predicted octanol–water partition coefficient (Wildman–Crippen LogP) is 0.721. The van der Waals surface area contributed by atoms with Gasteiger partial charge >= 0.3 is 5.97 Å². The minimum Gasteiger partial charge on any atom is -0.503 e. The largest absolute Gasteiger partial charge is 0.503 e. The van der Waals surface area contributed by atoms with Crippen molar-refractivity contribution in [3.05, 3.63) is 64.6 Å². The van der Waals surface area contributed by atoms with E-state index in [0.717, 1.165) is 5.56 Å². The summed E-state index contributed by atoms with van der Waals surface area (Å²) < 4.78 is 0. The Hall–Kier alpha value is -2.60. The van der Waals surface area contributed by atoms with E-state index < -0.39 is 17.6 Å². The summed E-state index contributed by atoms with van der Waals surface area (Å²) in [6.07, 6.45) is 1.85. The molecule has 1 unspecified atom stereocenters. The number of carbonyl (C=O) groups is 1. The van der Waals surface area contributed by atoms with Gasteiger partial charge < -0.3 is 20.9 Å². The van der Waals surface area contributed by atoms with Gasteiger partial charge in [0.1, 0.15) is 6.04 Å². The molecule has 0 saturated carbocycles. The number of aromatic nitrogens is 1. The van der Waals surface area contributed by atoms with Crippen molar-refractivity contribution in [1.82, 2.24) is 4.98 Å². The lowest BCUT2D eigenvalue weighted by molar-refractivity contribution is -0.138. The summed E-state index contributed by atoms with van der Waals surface area (Å²) in [5.41, 5.74) is 5.85. The number of nitrogens with one attached hydrogen (secondary N) is 1. The zero-order chi connectivity index (χ0) is 15.0. The second-order valence-electron chi connectivity index (χ2n) is 4.02. The summed E-state index contributed by atoms with van der Waals surface area (Å²) >= 11 is 0. The van der Waals surface area contributed by atoms with Crippen molar-refractivity contribution in [3.63, 3.8) is 0 Å². The van der Waals surface area contributed by atoms with Gasteiger partial charge in [0.15, 0.2) is 5.75 Å². The highest BCUT2D eigenvalue weighted by atomic mass is 16.4. The van der Waals surface area contributed by atoms with Crippen LogP contribution in [0.25, 0.3) is 0 Å². The third-order valence-corrected chi connectivity index (χ3v) is 2.41. The van der Waals surface area contributed by atoms with Crippen molar-refractivity contribution in [3.8, 4) is 5.75 Å². The molecule has 1 atom stereocenters. The molecule has 5 N–H and O–H groups in total. The first-order chi connectivity index (χ1) is 9.50. The maximum absolute atomic E-state index is 10.4. The molecule has 6 nitrogen and oxygen atoms in total. The molecule has 0 amide bonds. The standard InChI is InChI=1S/C9H11NO2.C5H5NO2/c10-8(9(11)12)6-7-4-2-1-3-5-7;7-4-2-1-3-6-5(4)8/h1-5,8H,6,10H2,(H,11,12);1-3,7H,(H,6,8). The van der Waals surface area contributed by atoms with Gasteiger partial charge in [-0.1, -0.05) is 30.3 Å². The minimum absolute atomic E-state index is 0.243. The number of H-pyrrole nitrogens is 1. The molecule has 0 aliphatic carbocycles. The molecule has 6 heteroatoms. The molecule has 0 saturated heterocycles. The zero-order valence-corrected chi connectivity index (χ0v) is 10.7. The van der Waals surface area contributed by atoms with Crippen LogP contribution in [0.15, 0.2) is 53.5 Å². The van der Waals surface area contributed by atoms with Gasteiger partial charge in [-0.25, -0.2) is 0 Å². The molecule has 0 radical (unpaired) electrons. The molecule has 106 valence electrons. The first kappa shape index (κ1) is 15.5. The quantitative estimate of drug-likeness (QED) is 0.659. The van der Waals surface area contributed by atoms with Gasteiger partial charge in [0.25, 0.3) is 5.56 Å².